The molecule has 0 saturated carbocycles. The zero-order valence-corrected chi connectivity index (χ0v) is 22.8. The Morgan fingerprint density at radius 2 is 1.92 bits per heavy atom. The lowest BCUT2D eigenvalue weighted by Gasteiger charge is -2.24. The van der Waals surface area contributed by atoms with Crippen LogP contribution in [0.1, 0.15) is 25.1 Å². The molecule has 202 valence electrons. The number of amides is 1. The summed E-state index contributed by atoms with van der Waals surface area (Å²) in [6, 6.07) is 14.4. The highest BCUT2D eigenvalue weighted by Crippen LogP contribution is 2.30. The number of halogens is 1. The molecule has 1 fully saturated rings. The predicted molar refractivity (Wildman–Crippen MR) is 147 cm³/mol. The number of benzene rings is 2. The van der Waals surface area contributed by atoms with Gasteiger partial charge in [-0.25, -0.2) is 9.78 Å². The summed E-state index contributed by atoms with van der Waals surface area (Å²) >= 11 is 6.45. The molecule has 0 bridgehead atoms. The normalized spacial score (nSPS) is 16.9. The number of methoxy groups -OCH3 is 1. The first-order valence-corrected chi connectivity index (χ1v) is 13.0. The monoisotopic (exact) mass is 540 g/mol. The number of nitrogens with zero attached hydrogens (tertiary/aromatic N) is 3. The maximum atomic E-state index is 13.4. The number of hydrogen-bond donors (Lipinski definition) is 1. The Bertz CT molecular complexity index is 1330. The van der Waals surface area contributed by atoms with Gasteiger partial charge in [0.05, 0.1) is 36.5 Å². The summed E-state index contributed by atoms with van der Waals surface area (Å²) in [6.07, 6.45) is -0.110. The van der Waals surface area contributed by atoms with E-state index in [1.54, 1.807) is 41.8 Å². The van der Waals surface area contributed by atoms with Crippen molar-refractivity contribution in [2.45, 2.75) is 39.0 Å². The summed E-state index contributed by atoms with van der Waals surface area (Å²) in [4.78, 5) is 32.5. The van der Waals surface area contributed by atoms with Crippen LogP contribution in [0.4, 0.5) is 10.6 Å². The molecular weight excluding hydrogens is 508 g/mol. The van der Waals surface area contributed by atoms with Crippen molar-refractivity contribution in [2.75, 3.05) is 32.1 Å². The van der Waals surface area contributed by atoms with E-state index in [1.165, 1.54) is 0 Å². The lowest BCUT2D eigenvalue weighted by Crippen LogP contribution is -2.37. The Kier molecular flexibility index (Phi) is 8.91. The second-order valence-electron chi connectivity index (χ2n) is 9.01. The van der Waals surface area contributed by atoms with Crippen LogP contribution in [0, 0.1) is 0 Å². The summed E-state index contributed by atoms with van der Waals surface area (Å²) < 4.78 is 18.3. The topological polar surface area (TPSA) is 94.9 Å². The third-order valence-corrected chi connectivity index (χ3v) is 6.87. The molecule has 1 aliphatic heterocycles. The van der Waals surface area contributed by atoms with Crippen molar-refractivity contribution in [2.24, 2.45) is 7.05 Å². The van der Waals surface area contributed by atoms with Crippen LogP contribution in [0.5, 0.6) is 5.75 Å². The fourth-order valence-electron chi connectivity index (χ4n) is 4.54. The van der Waals surface area contributed by atoms with Gasteiger partial charge in [0.2, 0.25) is 0 Å². The molecule has 38 heavy (non-hydrogen) atoms. The number of anilines is 1. The van der Waals surface area contributed by atoms with Crippen LogP contribution in [0.25, 0.3) is 11.3 Å². The Morgan fingerprint density at radius 1 is 1.16 bits per heavy atom. The van der Waals surface area contributed by atoms with Gasteiger partial charge in [-0.05, 0) is 37.1 Å². The fourth-order valence-corrected chi connectivity index (χ4v) is 4.80. The van der Waals surface area contributed by atoms with Crippen LogP contribution in [-0.4, -0.2) is 59.5 Å². The number of hydrogen-bond acceptors (Lipinski definition) is 7. The summed E-state index contributed by atoms with van der Waals surface area (Å²) in [5.41, 5.74) is 2.13. The van der Waals surface area contributed by atoms with E-state index < -0.39 is 6.09 Å². The predicted octanol–water partition coefficient (Wildman–Crippen LogP) is 4.51. The van der Waals surface area contributed by atoms with E-state index in [1.807, 2.05) is 44.2 Å². The van der Waals surface area contributed by atoms with Crippen molar-refractivity contribution >= 4 is 23.5 Å². The van der Waals surface area contributed by atoms with Crippen molar-refractivity contribution in [1.82, 2.24) is 14.5 Å². The lowest BCUT2D eigenvalue weighted by molar-refractivity contribution is 0.0579. The molecule has 10 heteroatoms. The molecule has 9 nitrogen and oxygen atoms in total. The number of ether oxygens (including phenoxy) is 3. The highest BCUT2D eigenvalue weighted by atomic mass is 35.5. The largest absolute Gasteiger partial charge is 0.497 e. The maximum absolute atomic E-state index is 13.4. The van der Waals surface area contributed by atoms with E-state index in [2.05, 4.69) is 5.32 Å². The average molecular weight is 541 g/mol. The van der Waals surface area contributed by atoms with Crippen LogP contribution < -0.4 is 15.6 Å². The van der Waals surface area contributed by atoms with Crippen molar-refractivity contribution in [3.8, 4) is 17.0 Å². The molecule has 0 radical (unpaired) electrons. The Labute approximate surface area is 227 Å². The number of carbonyl (C=O) groups is 1. The average Bonchev–Trinajstić information content (AvgIpc) is 3.33. The molecule has 1 saturated heterocycles. The Morgan fingerprint density at radius 3 is 2.58 bits per heavy atom. The molecule has 1 N–H and O–H groups in total. The minimum atomic E-state index is -0.407. The zero-order chi connectivity index (χ0) is 27.2. The number of nitrogens with one attached hydrogen (secondary N) is 1. The molecule has 0 spiro atoms. The third-order valence-electron chi connectivity index (χ3n) is 6.56. The number of rotatable bonds is 9. The van der Waals surface area contributed by atoms with E-state index in [9.17, 15) is 9.59 Å². The summed E-state index contributed by atoms with van der Waals surface area (Å²) in [7, 11) is 3.25. The van der Waals surface area contributed by atoms with Crippen molar-refractivity contribution in [3.63, 3.8) is 0 Å². The molecule has 1 aliphatic rings. The molecule has 2 atom stereocenters. The minimum absolute atomic E-state index is 0.196. The molecule has 4 rings (SSSR count). The van der Waals surface area contributed by atoms with Gasteiger partial charge < -0.3 is 24.4 Å². The quantitative estimate of drug-likeness (QED) is 0.426. The number of aromatic nitrogens is 2. The van der Waals surface area contributed by atoms with Crippen molar-refractivity contribution < 1.29 is 19.0 Å². The van der Waals surface area contributed by atoms with Crippen LogP contribution in [0.2, 0.25) is 5.02 Å². The molecular formula is C28H33ClN4O5. The van der Waals surface area contributed by atoms with Crippen LogP contribution in [-0.2, 0) is 29.5 Å². The summed E-state index contributed by atoms with van der Waals surface area (Å²) in [5.74, 6) is 1.18. The van der Waals surface area contributed by atoms with E-state index in [4.69, 9.17) is 30.8 Å². The third kappa shape index (κ3) is 5.95. The van der Waals surface area contributed by atoms with E-state index >= 15 is 0 Å². The first kappa shape index (κ1) is 27.5. The zero-order valence-electron chi connectivity index (χ0n) is 22.1. The Balaban J connectivity index is 1.56. The molecule has 2 heterocycles. The maximum Gasteiger partial charge on any atom is 0.410 e. The molecule has 3 aromatic rings. The van der Waals surface area contributed by atoms with Gasteiger partial charge in [-0.15, -0.1) is 0 Å². The SMILES string of the molecule is CCOC1CN(C(=O)OCc2ccccc2)CC1Nc1c(CC)nc(-c2ccc(OC)cc2Cl)c(=O)n1C. The van der Waals surface area contributed by atoms with Crippen molar-refractivity contribution in [3.05, 3.63) is 75.2 Å². The molecule has 2 aromatic carbocycles. The first-order chi connectivity index (χ1) is 18.4. The van der Waals surface area contributed by atoms with Gasteiger partial charge in [0.15, 0.2) is 0 Å². The number of carbonyl (C=O) groups excluding carboxylic acids is 1. The highest BCUT2D eigenvalue weighted by Gasteiger charge is 2.37. The molecule has 1 amide bonds. The van der Waals surface area contributed by atoms with Gasteiger partial charge >= 0.3 is 6.09 Å². The molecule has 2 unspecified atom stereocenters. The summed E-state index contributed by atoms with van der Waals surface area (Å²) in [5, 5.41) is 3.83. The minimum Gasteiger partial charge on any atom is -0.497 e. The van der Waals surface area contributed by atoms with Gasteiger partial charge in [0.1, 0.15) is 23.9 Å². The second kappa shape index (κ2) is 12.3. The second-order valence-corrected chi connectivity index (χ2v) is 9.42. The van der Waals surface area contributed by atoms with Crippen LogP contribution in [0.3, 0.4) is 0 Å². The van der Waals surface area contributed by atoms with E-state index in [-0.39, 0.29) is 30.0 Å². The van der Waals surface area contributed by atoms with Crippen LogP contribution >= 0.6 is 11.6 Å². The van der Waals surface area contributed by atoms with Gasteiger partial charge in [-0.3, -0.25) is 9.36 Å². The summed E-state index contributed by atoms with van der Waals surface area (Å²) in [6.45, 7) is 5.31. The molecule has 0 aliphatic carbocycles. The van der Waals surface area contributed by atoms with Gasteiger partial charge in [-0.1, -0.05) is 48.9 Å². The van der Waals surface area contributed by atoms with Crippen LogP contribution in [0.15, 0.2) is 53.3 Å². The van der Waals surface area contributed by atoms with Gasteiger partial charge in [0, 0.05) is 25.8 Å². The first-order valence-electron chi connectivity index (χ1n) is 12.6. The fraction of sp³-hybridized carbons (Fsp3) is 0.393. The van der Waals surface area contributed by atoms with E-state index in [0.29, 0.717) is 54.0 Å². The Hall–Kier alpha value is -3.56. The lowest BCUT2D eigenvalue weighted by atomic mass is 10.1. The smallest absolute Gasteiger partial charge is 0.410 e. The number of likely N-dealkylation sites (tertiary alicyclic amines) is 1. The van der Waals surface area contributed by atoms with Crippen molar-refractivity contribution in [1.29, 1.82) is 0 Å². The number of aryl methyl sites for hydroxylation is 1. The van der Waals surface area contributed by atoms with Gasteiger partial charge in [-0.2, -0.15) is 0 Å². The standard InChI is InChI=1S/C28H33ClN4O5/c1-5-22-26(32(3)27(34)25(30-22)20-13-12-19(36-4)14-21(20)29)31-23-15-33(16-24(23)37-6-2)28(35)38-17-18-10-8-7-9-11-18/h7-14,23-24,31H,5-6,15-17H2,1-4H3. The van der Waals surface area contributed by atoms with E-state index in [0.717, 1.165) is 5.56 Å². The molecule has 1 aromatic heterocycles. The van der Waals surface area contributed by atoms with Gasteiger partial charge in [0.25, 0.3) is 5.56 Å². The highest BCUT2D eigenvalue weighted by molar-refractivity contribution is 6.33.